The predicted molar refractivity (Wildman–Crippen MR) is 55.4 cm³/mol. The Balaban J connectivity index is 2.49. The molecule has 0 aromatic carbocycles. The van der Waals surface area contributed by atoms with Gasteiger partial charge in [-0.1, -0.05) is 24.6 Å². The normalized spacial score (nSPS) is 21.8. The molecule has 0 amide bonds. The fourth-order valence-corrected chi connectivity index (χ4v) is 1.44. The summed E-state index contributed by atoms with van der Waals surface area (Å²) in [6, 6.07) is 0. The molecule has 0 nitrogen and oxygen atoms in total. The number of rotatable bonds is 4. The van der Waals surface area contributed by atoms with Crippen molar-refractivity contribution >= 4 is 0 Å². The molecular formula is C12H19F. The topological polar surface area (TPSA) is 0 Å². The summed E-state index contributed by atoms with van der Waals surface area (Å²) < 4.78 is 12.1. The van der Waals surface area contributed by atoms with Crippen LogP contribution in [0.5, 0.6) is 0 Å². The molecule has 0 spiro atoms. The van der Waals surface area contributed by atoms with Crippen molar-refractivity contribution in [1.82, 2.24) is 0 Å². The highest BCUT2D eigenvalue weighted by atomic mass is 19.1. The first-order chi connectivity index (χ1) is 6.15. The molecule has 1 unspecified atom stereocenters. The summed E-state index contributed by atoms with van der Waals surface area (Å²) in [6.45, 7) is 5.90. The highest BCUT2D eigenvalue weighted by molar-refractivity contribution is 5.18. The van der Waals surface area contributed by atoms with E-state index in [0.29, 0.717) is 5.92 Å². The average Bonchev–Trinajstić information content (AvgIpc) is 2.95. The van der Waals surface area contributed by atoms with E-state index in [2.05, 4.69) is 19.9 Å². The molecule has 0 aromatic heterocycles. The van der Waals surface area contributed by atoms with E-state index in [1.807, 2.05) is 13.0 Å². The standard InChI is InChI=1S/C12H19F/c1-9(8-13)4-5-10(2)11(3)12-6-7-12/h4-5,11-12H,6-8H2,1-3H3/b9-4-,10-5-. The molecule has 1 saturated carbocycles. The van der Waals surface area contributed by atoms with Crippen LogP contribution in [0.15, 0.2) is 23.3 Å². The van der Waals surface area contributed by atoms with Crippen LogP contribution in [0.2, 0.25) is 0 Å². The van der Waals surface area contributed by atoms with Gasteiger partial charge in [0.15, 0.2) is 0 Å². The Bertz CT molecular complexity index is 221. The Morgan fingerprint density at radius 2 is 2.00 bits per heavy atom. The van der Waals surface area contributed by atoms with E-state index in [4.69, 9.17) is 0 Å². The molecule has 0 aliphatic heterocycles. The Morgan fingerprint density at radius 3 is 2.46 bits per heavy atom. The van der Waals surface area contributed by atoms with Gasteiger partial charge in [0, 0.05) is 0 Å². The molecule has 1 fully saturated rings. The maximum atomic E-state index is 12.1. The summed E-state index contributed by atoms with van der Waals surface area (Å²) in [7, 11) is 0. The van der Waals surface area contributed by atoms with Crippen LogP contribution in [0, 0.1) is 11.8 Å². The van der Waals surface area contributed by atoms with Crippen LogP contribution in [0.3, 0.4) is 0 Å². The average molecular weight is 182 g/mol. The monoisotopic (exact) mass is 182 g/mol. The Kier molecular flexibility index (Phi) is 3.71. The van der Waals surface area contributed by atoms with Gasteiger partial charge in [0.2, 0.25) is 0 Å². The lowest BCUT2D eigenvalue weighted by Crippen LogP contribution is -1.97. The number of alkyl halides is 1. The third-order valence-corrected chi connectivity index (χ3v) is 2.89. The van der Waals surface area contributed by atoms with Gasteiger partial charge in [0.05, 0.1) is 0 Å². The molecule has 1 aliphatic carbocycles. The molecule has 1 atom stereocenters. The third kappa shape index (κ3) is 3.33. The van der Waals surface area contributed by atoms with Gasteiger partial charge in [-0.25, -0.2) is 4.39 Å². The summed E-state index contributed by atoms with van der Waals surface area (Å²) in [5.74, 6) is 1.58. The van der Waals surface area contributed by atoms with Crippen molar-refractivity contribution in [2.45, 2.75) is 33.6 Å². The van der Waals surface area contributed by atoms with Crippen LogP contribution in [0.25, 0.3) is 0 Å². The van der Waals surface area contributed by atoms with Crippen molar-refractivity contribution in [3.8, 4) is 0 Å². The molecule has 0 saturated heterocycles. The smallest absolute Gasteiger partial charge is 0.111 e. The Labute approximate surface area is 80.5 Å². The number of hydrogen-bond donors (Lipinski definition) is 0. The molecule has 0 bridgehead atoms. The van der Waals surface area contributed by atoms with Crippen LogP contribution in [-0.2, 0) is 0 Å². The molecule has 0 N–H and O–H groups in total. The summed E-state index contributed by atoms with van der Waals surface area (Å²) in [4.78, 5) is 0. The fourth-order valence-electron chi connectivity index (χ4n) is 1.44. The van der Waals surface area contributed by atoms with Crippen molar-refractivity contribution in [3.63, 3.8) is 0 Å². The number of halogens is 1. The van der Waals surface area contributed by atoms with Gasteiger partial charge in [0.1, 0.15) is 6.67 Å². The van der Waals surface area contributed by atoms with Crippen molar-refractivity contribution in [2.75, 3.05) is 6.67 Å². The SMILES string of the molecule is C/C(=C/C=C(/C)C(C)C1CC1)CF. The molecule has 1 rings (SSSR count). The summed E-state index contributed by atoms with van der Waals surface area (Å²) >= 11 is 0. The highest BCUT2D eigenvalue weighted by Gasteiger charge is 2.28. The second-order valence-electron chi connectivity index (χ2n) is 4.18. The van der Waals surface area contributed by atoms with Crippen LogP contribution < -0.4 is 0 Å². The molecular weight excluding hydrogens is 163 g/mol. The Hall–Kier alpha value is -0.590. The lowest BCUT2D eigenvalue weighted by atomic mass is 9.97. The van der Waals surface area contributed by atoms with Gasteiger partial charge in [-0.15, -0.1) is 0 Å². The van der Waals surface area contributed by atoms with Crippen LogP contribution >= 0.6 is 0 Å². The maximum Gasteiger partial charge on any atom is 0.111 e. The molecule has 0 heterocycles. The Morgan fingerprint density at radius 1 is 1.38 bits per heavy atom. The molecule has 74 valence electrons. The van der Waals surface area contributed by atoms with Gasteiger partial charge >= 0.3 is 0 Å². The van der Waals surface area contributed by atoms with Crippen molar-refractivity contribution < 1.29 is 4.39 Å². The minimum absolute atomic E-state index is 0.332. The van der Waals surface area contributed by atoms with Gasteiger partial charge in [-0.3, -0.25) is 0 Å². The molecule has 0 radical (unpaired) electrons. The minimum atomic E-state index is -0.332. The first kappa shape index (κ1) is 10.5. The van der Waals surface area contributed by atoms with E-state index in [0.717, 1.165) is 11.5 Å². The van der Waals surface area contributed by atoms with E-state index in [-0.39, 0.29) is 6.67 Å². The molecule has 1 heteroatoms. The van der Waals surface area contributed by atoms with Gasteiger partial charge in [0.25, 0.3) is 0 Å². The van der Waals surface area contributed by atoms with E-state index < -0.39 is 0 Å². The first-order valence-corrected chi connectivity index (χ1v) is 5.05. The first-order valence-electron chi connectivity index (χ1n) is 5.05. The van der Waals surface area contributed by atoms with E-state index in [1.165, 1.54) is 18.4 Å². The second kappa shape index (κ2) is 4.59. The van der Waals surface area contributed by atoms with Crippen LogP contribution in [-0.4, -0.2) is 6.67 Å². The zero-order valence-corrected chi connectivity index (χ0v) is 8.81. The lowest BCUT2D eigenvalue weighted by molar-refractivity contribution is 0.543. The zero-order valence-electron chi connectivity index (χ0n) is 8.81. The minimum Gasteiger partial charge on any atom is -0.246 e. The summed E-state index contributed by atoms with van der Waals surface area (Å²) in [6.07, 6.45) is 6.71. The number of hydrogen-bond acceptors (Lipinski definition) is 0. The van der Waals surface area contributed by atoms with Crippen LogP contribution in [0.1, 0.15) is 33.6 Å². The zero-order chi connectivity index (χ0) is 9.84. The molecule has 0 aromatic rings. The lowest BCUT2D eigenvalue weighted by Gasteiger charge is -2.09. The van der Waals surface area contributed by atoms with Crippen molar-refractivity contribution in [3.05, 3.63) is 23.3 Å². The van der Waals surface area contributed by atoms with Crippen LogP contribution in [0.4, 0.5) is 4.39 Å². The maximum absolute atomic E-state index is 12.1. The summed E-state index contributed by atoms with van der Waals surface area (Å²) in [5, 5.41) is 0. The van der Waals surface area contributed by atoms with E-state index in [9.17, 15) is 4.39 Å². The van der Waals surface area contributed by atoms with Gasteiger partial charge < -0.3 is 0 Å². The van der Waals surface area contributed by atoms with Gasteiger partial charge in [-0.05, 0) is 44.1 Å². The highest BCUT2D eigenvalue weighted by Crippen LogP contribution is 2.39. The van der Waals surface area contributed by atoms with E-state index in [1.54, 1.807) is 0 Å². The second-order valence-corrected chi connectivity index (χ2v) is 4.18. The van der Waals surface area contributed by atoms with E-state index >= 15 is 0 Å². The quantitative estimate of drug-likeness (QED) is 0.578. The largest absolute Gasteiger partial charge is 0.246 e. The number of allylic oxidation sites excluding steroid dienone is 4. The fraction of sp³-hybridized carbons (Fsp3) is 0.667. The van der Waals surface area contributed by atoms with Crippen molar-refractivity contribution in [1.29, 1.82) is 0 Å². The predicted octanol–water partition coefficient (Wildman–Crippen LogP) is 3.89. The van der Waals surface area contributed by atoms with Gasteiger partial charge in [-0.2, -0.15) is 0 Å². The van der Waals surface area contributed by atoms with Crippen molar-refractivity contribution in [2.24, 2.45) is 11.8 Å². The molecule has 1 aliphatic rings. The third-order valence-electron chi connectivity index (χ3n) is 2.89. The summed E-state index contributed by atoms with van der Waals surface area (Å²) in [5.41, 5.74) is 2.19. The molecule has 13 heavy (non-hydrogen) atoms.